The second-order valence-electron chi connectivity index (χ2n) is 25.1. The molecular formula is C91H52Cl5N11S5. The molecule has 0 unspecified atom stereocenters. The average molecular weight is 1640 g/mol. The van der Waals surface area contributed by atoms with Crippen molar-refractivity contribution in [2.45, 2.75) is 0 Å². The maximum Gasteiger partial charge on any atom is 0.224 e. The third-order valence-electron chi connectivity index (χ3n) is 18.3. The van der Waals surface area contributed by atoms with E-state index < -0.39 is 18.1 Å². The third-order valence-corrected chi connectivity index (χ3v) is 24.5. The molecule has 0 aliphatic rings. The first-order valence-corrected chi connectivity index (χ1v) is 40.7. The molecule has 11 aromatic heterocycles. The maximum atomic E-state index is 8.21. The van der Waals surface area contributed by atoms with E-state index in [9.17, 15) is 0 Å². The Labute approximate surface area is 692 Å². The van der Waals surface area contributed by atoms with Crippen molar-refractivity contribution in [1.82, 2.24) is 54.8 Å². The molecule has 0 saturated heterocycles. The molecule has 0 spiro atoms. The fraction of sp³-hybridized carbons (Fsp3) is 0. The fourth-order valence-corrected chi connectivity index (χ4v) is 19.9. The first-order valence-electron chi connectivity index (χ1n) is 37.2. The summed E-state index contributed by atoms with van der Waals surface area (Å²) in [6.45, 7) is 0. The molecule has 11 heterocycles. The van der Waals surface area contributed by atoms with E-state index >= 15 is 0 Å². The van der Waals surface area contributed by atoms with Crippen LogP contribution in [-0.2, 0) is 0 Å². The van der Waals surface area contributed by atoms with Crippen molar-refractivity contribution in [1.29, 1.82) is 0 Å². The van der Waals surface area contributed by atoms with Crippen LogP contribution in [0.3, 0.4) is 0 Å². The molecule has 21 heteroatoms. The molecule has 0 bridgehead atoms. The summed E-state index contributed by atoms with van der Waals surface area (Å²) in [5.74, 6) is 0. The summed E-state index contributed by atoms with van der Waals surface area (Å²) in [5.41, 5.74) is 12.6. The molecule has 0 aliphatic carbocycles. The van der Waals surface area contributed by atoms with Gasteiger partial charge in [-0.3, -0.25) is 4.98 Å². The number of aromatic nitrogens is 11. The number of thiophene rings is 5. The van der Waals surface area contributed by atoms with Crippen LogP contribution in [0.25, 0.3) is 180 Å². The highest BCUT2D eigenvalue weighted by Crippen LogP contribution is 2.45. The van der Waals surface area contributed by atoms with Gasteiger partial charge in [0.15, 0.2) is 0 Å². The van der Waals surface area contributed by atoms with E-state index in [1.165, 1.54) is 63.0 Å². The predicted octanol–water partition coefficient (Wildman–Crippen LogP) is 28.6. The molecule has 22 rings (SSSR count). The van der Waals surface area contributed by atoms with E-state index in [0.717, 1.165) is 107 Å². The lowest BCUT2D eigenvalue weighted by atomic mass is 10.00. The normalized spacial score (nSPS) is 11.9. The highest BCUT2D eigenvalue weighted by atomic mass is 35.5. The summed E-state index contributed by atoms with van der Waals surface area (Å²) in [6.07, 6.45) is 3.54. The van der Waals surface area contributed by atoms with Crippen LogP contribution in [0.5, 0.6) is 0 Å². The monoisotopic (exact) mass is 1640 g/mol. The molecule has 536 valence electrons. The van der Waals surface area contributed by atoms with E-state index in [0.29, 0.717) is 15.5 Å². The Kier molecular flexibility index (Phi) is 19.0. The summed E-state index contributed by atoms with van der Waals surface area (Å²) in [5, 5.41) is 11.6. The number of halogens is 5. The number of nitrogens with zero attached hydrogens (tertiary/aromatic N) is 11. The molecule has 0 atom stereocenters. The van der Waals surface area contributed by atoms with Crippen molar-refractivity contribution in [2.75, 3.05) is 0 Å². The Morgan fingerprint density at radius 3 is 0.857 bits per heavy atom. The second-order valence-corrected chi connectivity index (χ2v) is 31.9. The van der Waals surface area contributed by atoms with Crippen LogP contribution in [-0.4, -0.2) is 54.8 Å². The Hall–Kier alpha value is -11.5. The van der Waals surface area contributed by atoms with Crippen LogP contribution in [0.1, 0.15) is 6.85 Å². The summed E-state index contributed by atoms with van der Waals surface area (Å²) in [4.78, 5) is 52.6. The highest BCUT2D eigenvalue weighted by Gasteiger charge is 2.21. The summed E-state index contributed by atoms with van der Waals surface area (Å²) in [7, 11) is 0. The van der Waals surface area contributed by atoms with Crippen molar-refractivity contribution in [2.24, 2.45) is 0 Å². The lowest BCUT2D eigenvalue weighted by Crippen LogP contribution is -1.89. The van der Waals surface area contributed by atoms with Gasteiger partial charge in [-0.15, -0.1) is 56.7 Å². The quantitative estimate of drug-likeness (QED) is 0.141. The zero-order valence-electron chi connectivity index (χ0n) is 63.0. The van der Waals surface area contributed by atoms with Gasteiger partial charge in [-0.05, 0) is 129 Å². The predicted molar refractivity (Wildman–Crippen MR) is 476 cm³/mol. The van der Waals surface area contributed by atoms with Gasteiger partial charge in [-0.25, -0.2) is 49.8 Å². The van der Waals surface area contributed by atoms with Gasteiger partial charge in [-0.1, -0.05) is 255 Å². The third kappa shape index (κ3) is 14.8. The zero-order chi connectivity index (χ0) is 80.0. The van der Waals surface area contributed by atoms with Crippen molar-refractivity contribution < 1.29 is 6.85 Å². The van der Waals surface area contributed by atoms with Gasteiger partial charge in [0.05, 0.1) is 35.3 Å². The van der Waals surface area contributed by atoms with E-state index in [1.807, 2.05) is 140 Å². The van der Waals surface area contributed by atoms with Crippen LogP contribution in [0, 0.1) is 0 Å². The fourth-order valence-electron chi connectivity index (χ4n) is 13.4. The SMILES string of the molecule is Clc1nc(-c2ccc(-c3ccccc3)cc2)c2c(n1)sc1ccccc12.Clc1nc(-c2cccc(-c3ccccc3)c2)c2c(n1)sc1ccccc12.Clc1nc(-c2ccccc2)c2c(n1)sc1ccccc12.Clc1nc(-c2cccnc2)c2c(n1)sc1ccccc12.[2H]c1c([2H])c([2H])c(-c2nc(Cl)nc3sc4ccccc4c23)c([2H])c1[2H]. The molecule has 11 aromatic carbocycles. The first-order chi connectivity index (χ1) is 57.1. The smallest absolute Gasteiger partial charge is 0.224 e. The van der Waals surface area contributed by atoms with Gasteiger partial charge in [-0.2, -0.15) is 0 Å². The Bertz CT molecular complexity index is 7380. The van der Waals surface area contributed by atoms with E-state index in [2.05, 4.69) is 188 Å². The van der Waals surface area contributed by atoms with Gasteiger partial charge in [0.25, 0.3) is 0 Å². The number of hydrogen-bond acceptors (Lipinski definition) is 16. The van der Waals surface area contributed by atoms with E-state index in [-0.39, 0.29) is 44.5 Å². The molecule has 11 nitrogen and oxygen atoms in total. The Morgan fingerprint density at radius 2 is 0.491 bits per heavy atom. The summed E-state index contributed by atoms with van der Waals surface area (Å²) >= 11 is 38.7. The minimum atomic E-state index is -0.440. The molecule has 0 aliphatic heterocycles. The van der Waals surface area contributed by atoms with Crippen molar-refractivity contribution in [3.8, 4) is 78.5 Å². The lowest BCUT2D eigenvalue weighted by molar-refractivity contribution is 1.23. The number of hydrogen-bond donors (Lipinski definition) is 0. The summed E-state index contributed by atoms with van der Waals surface area (Å²) < 4.78 is 45.7. The minimum absolute atomic E-state index is 0.0270. The Balaban J connectivity index is 0.000000101. The molecule has 0 radical (unpaired) electrons. The van der Waals surface area contributed by atoms with Gasteiger partial charge in [0.2, 0.25) is 26.4 Å². The topological polar surface area (TPSA) is 142 Å². The van der Waals surface area contributed by atoms with Crippen molar-refractivity contribution in [3.05, 3.63) is 342 Å². The maximum absolute atomic E-state index is 8.21. The highest BCUT2D eigenvalue weighted by molar-refractivity contribution is 7.27. The number of benzene rings is 11. The second kappa shape index (κ2) is 32.1. The molecule has 112 heavy (non-hydrogen) atoms. The molecule has 0 amide bonds. The van der Waals surface area contributed by atoms with Crippen LogP contribution in [0.4, 0.5) is 0 Å². The molecule has 22 aromatic rings. The van der Waals surface area contributed by atoms with Crippen molar-refractivity contribution >= 4 is 216 Å². The molecular weight excluding hydrogens is 1580 g/mol. The number of fused-ring (bicyclic) bond motifs is 15. The number of rotatable bonds is 7. The summed E-state index contributed by atoms with van der Waals surface area (Å²) in [6, 6.07) is 90.4. The lowest BCUT2D eigenvalue weighted by Gasteiger charge is -2.07. The van der Waals surface area contributed by atoms with Crippen LogP contribution in [0.2, 0.25) is 26.4 Å². The largest absolute Gasteiger partial charge is 0.264 e. The van der Waals surface area contributed by atoms with Gasteiger partial charge in [0.1, 0.15) is 24.2 Å². The molecule has 0 saturated carbocycles. The standard InChI is InChI=1S/2C22H13ClN2S.2C16H9ClN2S.C15H8ClN3S/c23-22-24-20(19-17-11-4-5-12-18(17)26-21(19)25-22)16-10-6-9-15(13-16)14-7-2-1-3-8-14;23-22-24-20(19-17-8-4-5-9-18(17)26-21(19)25-22)16-12-10-15(11-13-16)14-6-2-1-3-7-14;2*17-16-18-14(10-6-2-1-3-7-10)13-11-8-4-5-9-12(11)20-15(13)19-16;16-15-18-13(9-4-3-7-17-8-9)12-10-5-1-2-6-11(10)20-14(12)19-15/h2*1-13H;2*1-9H;1-8H/i;;1D,2D,3D,6D,7D;;. The zero-order valence-corrected chi connectivity index (χ0v) is 65.8. The van der Waals surface area contributed by atoms with Gasteiger partial charge >= 0.3 is 0 Å². The molecule has 0 N–H and O–H groups in total. The van der Waals surface area contributed by atoms with E-state index in [1.54, 1.807) is 57.7 Å². The Morgan fingerprint density at radius 1 is 0.223 bits per heavy atom. The molecule has 0 fully saturated rings. The minimum Gasteiger partial charge on any atom is -0.264 e. The van der Waals surface area contributed by atoms with Crippen LogP contribution < -0.4 is 0 Å². The van der Waals surface area contributed by atoms with Crippen molar-refractivity contribution in [3.63, 3.8) is 0 Å². The van der Waals surface area contributed by atoms with E-state index in [4.69, 9.17) is 64.9 Å². The van der Waals surface area contributed by atoms with Crippen LogP contribution >= 0.6 is 115 Å². The number of pyridine rings is 1. The first kappa shape index (κ1) is 66.3. The van der Waals surface area contributed by atoms with Gasteiger partial charge in [0, 0.05) is 118 Å². The average Bonchev–Trinajstić information content (AvgIpc) is 1.68. The van der Waals surface area contributed by atoms with Gasteiger partial charge < -0.3 is 0 Å². The van der Waals surface area contributed by atoms with Crippen LogP contribution in [0.15, 0.2) is 316 Å².